The highest BCUT2D eigenvalue weighted by Crippen LogP contribution is 2.37. The molecule has 2 saturated carbocycles. The number of alkyl halides is 1. The molecule has 3 aromatic rings. The van der Waals surface area contributed by atoms with Gasteiger partial charge in [-0.05, 0) is 57.6 Å². The van der Waals surface area contributed by atoms with E-state index in [-0.39, 0.29) is 24.3 Å². The van der Waals surface area contributed by atoms with Gasteiger partial charge in [0.1, 0.15) is 29.5 Å². The van der Waals surface area contributed by atoms with Crippen molar-refractivity contribution in [2.45, 2.75) is 77.6 Å². The molecule has 0 spiro atoms. The largest absolute Gasteiger partial charge is 0.493 e. The highest BCUT2D eigenvalue weighted by Gasteiger charge is 2.33. The molecule has 0 unspecified atom stereocenters. The number of amides is 2. The predicted molar refractivity (Wildman–Crippen MR) is 139 cm³/mol. The minimum absolute atomic E-state index is 0.158. The Morgan fingerprint density at radius 3 is 2.68 bits per heavy atom. The number of aromatic nitrogens is 3. The standard InChI is InChI=1S/C28H34FN5O3/c1-4-23(35)34-21-9-8-18(12-20(21)29)33-28(36)24-16(3)32-27-25(30-14-31-26(24)27)19-11-15(2)5-10-22(19)37-13-17-6-7-17/h5,10-11,14,17-18,20-21,32H,4,6-9,12-13H2,1-3H3,(H,33,36)(H,34,35)/t18-,20+,21+/m0/s1. The molecule has 2 heterocycles. The number of halogens is 1. The zero-order valence-corrected chi connectivity index (χ0v) is 21.6. The Morgan fingerprint density at radius 2 is 1.95 bits per heavy atom. The summed E-state index contributed by atoms with van der Waals surface area (Å²) in [7, 11) is 0. The van der Waals surface area contributed by atoms with E-state index in [0.717, 1.165) is 16.9 Å². The van der Waals surface area contributed by atoms with Crippen LogP contribution in [0.15, 0.2) is 24.5 Å². The Bertz CT molecular complexity index is 1320. The van der Waals surface area contributed by atoms with Gasteiger partial charge >= 0.3 is 0 Å². The molecule has 2 aliphatic carbocycles. The summed E-state index contributed by atoms with van der Waals surface area (Å²) >= 11 is 0. The smallest absolute Gasteiger partial charge is 0.255 e. The fraction of sp³-hybridized carbons (Fsp3) is 0.500. The second-order valence-electron chi connectivity index (χ2n) is 10.4. The van der Waals surface area contributed by atoms with Gasteiger partial charge in [-0.1, -0.05) is 18.6 Å². The molecule has 5 rings (SSSR count). The Kier molecular flexibility index (Phi) is 7.13. The number of carbonyl (C=O) groups is 2. The summed E-state index contributed by atoms with van der Waals surface area (Å²) in [5.74, 6) is 0.923. The molecule has 0 aliphatic heterocycles. The lowest BCUT2D eigenvalue weighted by Crippen LogP contribution is -2.49. The molecule has 2 aliphatic rings. The van der Waals surface area contributed by atoms with Crippen LogP contribution in [0, 0.1) is 19.8 Å². The van der Waals surface area contributed by atoms with E-state index in [1.54, 1.807) is 6.92 Å². The van der Waals surface area contributed by atoms with Crippen LogP contribution >= 0.6 is 0 Å². The first kappa shape index (κ1) is 25.2. The first-order valence-corrected chi connectivity index (χ1v) is 13.1. The van der Waals surface area contributed by atoms with E-state index < -0.39 is 12.2 Å². The van der Waals surface area contributed by atoms with Crippen LogP contribution < -0.4 is 15.4 Å². The average Bonchev–Trinajstić information content (AvgIpc) is 3.64. The van der Waals surface area contributed by atoms with Crippen molar-refractivity contribution >= 4 is 22.8 Å². The summed E-state index contributed by atoms with van der Waals surface area (Å²) in [5, 5.41) is 5.74. The molecule has 3 N–H and O–H groups in total. The third-order valence-corrected chi connectivity index (χ3v) is 7.34. The molecular weight excluding hydrogens is 473 g/mol. The van der Waals surface area contributed by atoms with E-state index in [9.17, 15) is 14.0 Å². The first-order valence-electron chi connectivity index (χ1n) is 13.1. The van der Waals surface area contributed by atoms with E-state index >= 15 is 0 Å². The summed E-state index contributed by atoms with van der Waals surface area (Å²) in [5.41, 5.74) is 4.91. The minimum atomic E-state index is -1.21. The summed E-state index contributed by atoms with van der Waals surface area (Å²) in [4.78, 5) is 37.4. The topological polar surface area (TPSA) is 109 Å². The molecule has 3 atom stereocenters. The van der Waals surface area contributed by atoms with E-state index in [0.29, 0.717) is 59.8 Å². The maximum atomic E-state index is 14.7. The summed E-state index contributed by atoms with van der Waals surface area (Å²) in [6.07, 6.45) is 4.21. The van der Waals surface area contributed by atoms with Crippen molar-refractivity contribution in [2.75, 3.05) is 6.61 Å². The Labute approximate surface area is 215 Å². The minimum Gasteiger partial charge on any atom is -0.493 e. The van der Waals surface area contributed by atoms with Crippen molar-refractivity contribution in [1.29, 1.82) is 0 Å². The van der Waals surface area contributed by atoms with Crippen molar-refractivity contribution in [3.63, 3.8) is 0 Å². The summed E-state index contributed by atoms with van der Waals surface area (Å²) < 4.78 is 20.9. The van der Waals surface area contributed by atoms with E-state index in [1.807, 2.05) is 32.0 Å². The highest BCUT2D eigenvalue weighted by molar-refractivity contribution is 6.09. The van der Waals surface area contributed by atoms with Crippen LogP contribution in [0.3, 0.4) is 0 Å². The zero-order chi connectivity index (χ0) is 26.1. The normalized spacial score (nSPS) is 21.6. The first-order chi connectivity index (χ1) is 17.8. The molecule has 2 fully saturated rings. The number of fused-ring (bicyclic) bond motifs is 1. The lowest BCUT2D eigenvalue weighted by Gasteiger charge is -2.32. The second kappa shape index (κ2) is 10.5. The van der Waals surface area contributed by atoms with Gasteiger partial charge in [-0.15, -0.1) is 0 Å². The fourth-order valence-corrected chi connectivity index (χ4v) is 5.03. The second-order valence-corrected chi connectivity index (χ2v) is 10.4. The lowest BCUT2D eigenvalue weighted by molar-refractivity contribution is -0.122. The van der Waals surface area contributed by atoms with Crippen LogP contribution in [-0.2, 0) is 4.79 Å². The number of nitrogens with one attached hydrogen (secondary N) is 3. The molecule has 0 bridgehead atoms. The third kappa shape index (κ3) is 5.45. The number of ether oxygens (including phenoxy) is 1. The van der Waals surface area contributed by atoms with Gasteiger partial charge in [0, 0.05) is 30.1 Å². The number of H-pyrrole nitrogens is 1. The lowest BCUT2D eigenvalue weighted by atomic mass is 9.89. The monoisotopic (exact) mass is 507 g/mol. The molecule has 0 saturated heterocycles. The average molecular weight is 508 g/mol. The Balaban J connectivity index is 1.38. The molecule has 1 aromatic carbocycles. The highest BCUT2D eigenvalue weighted by atomic mass is 19.1. The number of rotatable bonds is 8. The fourth-order valence-electron chi connectivity index (χ4n) is 5.03. The number of hydrogen-bond donors (Lipinski definition) is 3. The molecule has 2 aromatic heterocycles. The van der Waals surface area contributed by atoms with Crippen LogP contribution in [-0.4, -0.2) is 51.6 Å². The van der Waals surface area contributed by atoms with E-state index in [2.05, 4.69) is 25.6 Å². The van der Waals surface area contributed by atoms with Gasteiger partial charge in [0.15, 0.2) is 0 Å². The van der Waals surface area contributed by atoms with Gasteiger partial charge in [0.2, 0.25) is 5.91 Å². The van der Waals surface area contributed by atoms with Crippen molar-refractivity contribution in [1.82, 2.24) is 25.6 Å². The van der Waals surface area contributed by atoms with Crippen molar-refractivity contribution in [3.05, 3.63) is 41.3 Å². The van der Waals surface area contributed by atoms with Crippen molar-refractivity contribution in [2.24, 2.45) is 5.92 Å². The van der Waals surface area contributed by atoms with Gasteiger partial charge in [-0.3, -0.25) is 9.59 Å². The van der Waals surface area contributed by atoms with E-state index in [4.69, 9.17) is 4.74 Å². The maximum absolute atomic E-state index is 14.7. The Hall–Kier alpha value is -3.49. The van der Waals surface area contributed by atoms with Crippen LogP contribution in [0.2, 0.25) is 0 Å². The predicted octanol–water partition coefficient (Wildman–Crippen LogP) is 4.55. The summed E-state index contributed by atoms with van der Waals surface area (Å²) in [6, 6.07) is 5.20. The molecule has 0 radical (unpaired) electrons. The number of carbonyl (C=O) groups excluding carboxylic acids is 2. The quantitative estimate of drug-likeness (QED) is 0.415. The van der Waals surface area contributed by atoms with Crippen LogP contribution in [0.25, 0.3) is 22.3 Å². The van der Waals surface area contributed by atoms with Crippen LogP contribution in [0.4, 0.5) is 4.39 Å². The molecule has 2 amide bonds. The number of aryl methyl sites for hydroxylation is 2. The van der Waals surface area contributed by atoms with Gasteiger partial charge in [0.25, 0.3) is 5.91 Å². The molecule has 196 valence electrons. The molecule has 8 nitrogen and oxygen atoms in total. The number of benzene rings is 1. The van der Waals surface area contributed by atoms with Gasteiger partial charge in [0.05, 0.1) is 23.7 Å². The number of aromatic amines is 1. The number of nitrogens with zero attached hydrogens (tertiary/aromatic N) is 2. The van der Waals surface area contributed by atoms with Gasteiger partial charge < -0.3 is 20.4 Å². The molecule has 9 heteroatoms. The van der Waals surface area contributed by atoms with Gasteiger partial charge in [-0.2, -0.15) is 0 Å². The van der Waals surface area contributed by atoms with Crippen LogP contribution in [0.5, 0.6) is 5.75 Å². The maximum Gasteiger partial charge on any atom is 0.255 e. The van der Waals surface area contributed by atoms with E-state index in [1.165, 1.54) is 19.2 Å². The third-order valence-electron chi connectivity index (χ3n) is 7.34. The van der Waals surface area contributed by atoms with Crippen molar-refractivity contribution in [3.8, 4) is 17.0 Å². The van der Waals surface area contributed by atoms with Crippen molar-refractivity contribution < 1.29 is 18.7 Å². The molecule has 37 heavy (non-hydrogen) atoms. The van der Waals surface area contributed by atoms with Crippen LogP contribution in [0.1, 0.15) is 67.1 Å². The number of hydrogen-bond acceptors (Lipinski definition) is 5. The summed E-state index contributed by atoms with van der Waals surface area (Å²) in [6.45, 7) is 6.28. The molecular formula is C28H34FN5O3. The SMILES string of the molecule is CCC(=O)N[C@@H]1CC[C@H](NC(=O)c2c(C)[nH]c3c(-c4cc(C)ccc4OCC4CC4)ncnc23)C[C@H]1F. The zero-order valence-electron chi connectivity index (χ0n) is 21.6. The Morgan fingerprint density at radius 1 is 1.14 bits per heavy atom. The van der Waals surface area contributed by atoms with Gasteiger partial charge in [-0.25, -0.2) is 14.4 Å².